The van der Waals surface area contributed by atoms with Crippen molar-refractivity contribution >= 4 is 115 Å². The van der Waals surface area contributed by atoms with E-state index in [0.29, 0.717) is 73.7 Å². The van der Waals surface area contributed by atoms with E-state index < -0.39 is 79.4 Å². The second kappa shape index (κ2) is 26.0. The zero-order valence-electron chi connectivity index (χ0n) is 43.6. The molecule has 29 heteroatoms. The fraction of sp³-hybridized carbons (Fsp3) is 0.308. The number of thiazole rings is 6. The van der Waals surface area contributed by atoms with Crippen LogP contribution in [0.25, 0.3) is 43.4 Å². The molecule has 7 N–H and O–H groups in total. The summed E-state index contributed by atoms with van der Waals surface area (Å²) in [5, 5.41) is 43.5. The van der Waals surface area contributed by atoms with E-state index in [0.717, 1.165) is 11.3 Å². The number of carboxylic acid groups (broad SMARTS) is 1. The maximum atomic E-state index is 14.3. The summed E-state index contributed by atoms with van der Waals surface area (Å²) >= 11 is 7.16. The van der Waals surface area contributed by atoms with Gasteiger partial charge in [-0.15, -0.1) is 68.0 Å². The number of aryl methyl sites for hydroxylation is 1. The summed E-state index contributed by atoms with van der Waals surface area (Å²) in [6.45, 7) is 3.97. The molecule has 0 spiro atoms. The number of Topliss-reactive ketones (excluding diaryl/α,β-unsaturated/α-hetero) is 1. The summed E-state index contributed by atoms with van der Waals surface area (Å²) in [6, 6.07) is 10.1. The number of aromatic nitrogens is 7. The molecular weight excluding hydrogens is 1160 g/mol. The molecule has 4 atom stereocenters. The molecule has 0 radical (unpaired) electrons. The van der Waals surface area contributed by atoms with Gasteiger partial charge in [-0.1, -0.05) is 44.2 Å². The number of nitrogens with zero attached hydrogens (tertiary/aromatic N) is 7. The minimum Gasteiger partial charge on any atom is -0.480 e. The molecule has 1 aromatic carbocycles. The molecule has 0 saturated carbocycles. The molecular formula is C52H50N12O11S6. The van der Waals surface area contributed by atoms with Crippen LogP contribution in [-0.4, -0.2) is 120 Å². The van der Waals surface area contributed by atoms with E-state index in [-0.39, 0.29) is 54.0 Å². The molecule has 5 amide bonds. The number of benzene rings is 1. The van der Waals surface area contributed by atoms with Crippen molar-refractivity contribution in [2.75, 3.05) is 39.2 Å². The van der Waals surface area contributed by atoms with Crippen molar-refractivity contribution < 1.29 is 53.2 Å². The monoisotopic (exact) mass is 1210 g/mol. The van der Waals surface area contributed by atoms with Crippen molar-refractivity contribution in [1.29, 1.82) is 0 Å². The highest BCUT2D eigenvalue weighted by Crippen LogP contribution is 2.41. The third-order valence-electron chi connectivity index (χ3n) is 12.3. The number of carbonyl (C=O) groups excluding carboxylic acids is 6. The lowest BCUT2D eigenvalue weighted by Crippen LogP contribution is -2.40. The molecule has 81 heavy (non-hydrogen) atoms. The molecule has 0 aliphatic carbocycles. The van der Waals surface area contributed by atoms with Gasteiger partial charge in [-0.3, -0.25) is 28.8 Å². The Morgan fingerprint density at radius 1 is 0.728 bits per heavy atom. The van der Waals surface area contributed by atoms with Gasteiger partial charge in [-0.25, -0.2) is 39.7 Å². The number of amides is 5. The number of aliphatic hydroxyl groups excluding tert-OH is 1. The van der Waals surface area contributed by atoms with Gasteiger partial charge in [0, 0.05) is 58.5 Å². The minimum atomic E-state index is -1.28. The van der Waals surface area contributed by atoms with Gasteiger partial charge in [0.1, 0.15) is 90.4 Å². The molecule has 8 heterocycles. The minimum absolute atomic E-state index is 0.0190. The number of methoxy groups -OCH3 is 1. The van der Waals surface area contributed by atoms with Gasteiger partial charge in [0.2, 0.25) is 11.8 Å². The summed E-state index contributed by atoms with van der Waals surface area (Å²) in [6.07, 6.45) is -1.53. The Hall–Kier alpha value is -7.48. The standard InChI is InChI=1S/C52H50N12O11S6/c1-23(2)27-13-33(65)40-24(3)80-51(63-40)29(14-36(66)53-4)56-45(72)31-20-76-47(58-31)26-11-12-28(49-61-35(22-79-49)60-38(68)17-75-18-39(69)70)55-41(26)30-19-77-50(57-30)32-21-78-52(59-32)43(44(71)25-9-7-6-8-10-25)62-37(67)15-54-46(73)42-34(16-74-5)81-48(27)64-42/h6-12,19-23,27,29,43-44,71H,13-18H2,1-5H3,(H,53,66)(H,54,73)(H,56,72)(H,60,68)(H,62,67)(H,69,70)/t27-,29+,43+,44+/m1/s1. The lowest BCUT2D eigenvalue weighted by atomic mass is 9.90. The third-order valence-corrected chi connectivity index (χ3v) is 18.1. The molecule has 7 aromatic heterocycles. The third kappa shape index (κ3) is 13.8. The second-order valence-electron chi connectivity index (χ2n) is 18.4. The Morgan fingerprint density at radius 2 is 1.44 bits per heavy atom. The van der Waals surface area contributed by atoms with Crippen LogP contribution >= 0.6 is 68.0 Å². The van der Waals surface area contributed by atoms with Crippen LogP contribution in [0.3, 0.4) is 0 Å². The van der Waals surface area contributed by atoms with Crippen LogP contribution in [0, 0.1) is 12.8 Å². The van der Waals surface area contributed by atoms with Crippen LogP contribution in [0.2, 0.25) is 0 Å². The number of rotatable bonds is 13. The molecule has 9 rings (SSSR count). The molecule has 23 nitrogen and oxygen atoms in total. The van der Waals surface area contributed by atoms with Crippen LogP contribution in [0.15, 0.2) is 64.0 Å². The average molecular weight is 1210 g/mol. The highest BCUT2D eigenvalue weighted by Gasteiger charge is 2.33. The predicted octanol–water partition coefficient (Wildman–Crippen LogP) is 7.24. The Balaban J connectivity index is 1.12. The summed E-state index contributed by atoms with van der Waals surface area (Å²) < 4.78 is 10.4. The lowest BCUT2D eigenvalue weighted by molar-refractivity contribution is -0.143. The molecule has 1 aliphatic heterocycles. The van der Waals surface area contributed by atoms with Crippen LogP contribution in [-0.2, 0) is 35.3 Å². The number of fused-ring (bicyclic) bond motifs is 14. The number of carbonyl (C=O) groups is 7. The number of aliphatic carboxylic acids is 1. The number of ketones is 1. The van der Waals surface area contributed by atoms with E-state index >= 15 is 0 Å². The first kappa shape index (κ1) is 58.2. The van der Waals surface area contributed by atoms with E-state index in [1.807, 2.05) is 13.8 Å². The van der Waals surface area contributed by atoms with E-state index in [1.54, 1.807) is 70.9 Å². The number of hydrogen-bond donors (Lipinski definition) is 7. The van der Waals surface area contributed by atoms with Crippen molar-refractivity contribution in [2.24, 2.45) is 5.92 Å². The van der Waals surface area contributed by atoms with Crippen molar-refractivity contribution in [3.8, 4) is 43.4 Å². The van der Waals surface area contributed by atoms with Gasteiger partial charge in [0.25, 0.3) is 17.7 Å². The Morgan fingerprint density at radius 3 is 2.20 bits per heavy atom. The fourth-order valence-corrected chi connectivity index (χ4v) is 13.9. The summed E-state index contributed by atoms with van der Waals surface area (Å²) in [5.74, 6) is -4.90. The lowest BCUT2D eigenvalue weighted by Gasteiger charge is -2.23. The average Bonchev–Trinajstić information content (AvgIpc) is 4.33. The first-order chi connectivity index (χ1) is 39.0. The number of hydrogen-bond acceptors (Lipinski definition) is 23. The second-order valence-corrected chi connectivity index (χ2v) is 24.2. The highest BCUT2D eigenvalue weighted by atomic mass is 32.1. The molecule has 0 unspecified atom stereocenters. The van der Waals surface area contributed by atoms with E-state index in [1.165, 1.54) is 70.8 Å². The van der Waals surface area contributed by atoms with Crippen LogP contribution in [0.4, 0.5) is 5.82 Å². The van der Waals surface area contributed by atoms with Crippen molar-refractivity contribution in [3.63, 3.8) is 0 Å². The van der Waals surface area contributed by atoms with Gasteiger partial charge < -0.3 is 46.3 Å². The van der Waals surface area contributed by atoms with E-state index in [2.05, 4.69) is 31.6 Å². The number of carboxylic acids is 1. The number of aliphatic hydroxyl groups is 1. The van der Waals surface area contributed by atoms with Crippen molar-refractivity contribution in [1.82, 2.24) is 56.2 Å². The largest absolute Gasteiger partial charge is 0.480 e. The number of anilines is 1. The fourth-order valence-electron chi connectivity index (χ4n) is 8.31. The normalized spacial score (nSPS) is 16.5. The maximum absolute atomic E-state index is 14.3. The molecule has 8 aromatic rings. The summed E-state index contributed by atoms with van der Waals surface area (Å²) in [5.41, 5.74) is 2.70. The van der Waals surface area contributed by atoms with Crippen molar-refractivity contribution in [3.05, 3.63) is 111 Å². The van der Waals surface area contributed by atoms with Gasteiger partial charge in [-0.2, -0.15) is 0 Å². The molecule has 10 bridgehead atoms. The predicted molar refractivity (Wildman–Crippen MR) is 305 cm³/mol. The summed E-state index contributed by atoms with van der Waals surface area (Å²) in [4.78, 5) is 128. The molecule has 0 saturated heterocycles. The number of pyridine rings is 1. The SMILES string of the molecule is CNC(=O)C[C@@H]1NC(=O)c2csc(n2)-c2ccc(-c3nc(NC(=O)COCC(=O)O)cs3)nc2-c2csc(n2)-c2csc(n2)[C@H]([C@@H](O)c2ccccc2)NC(=O)CNC(=O)c2nc(sc2COC)[C@@H](C(C)C)CC(=O)c2nc1sc2C. The van der Waals surface area contributed by atoms with Gasteiger partial charge in [0.15, 0.2) is 5.78 Å². The van der Waals surface area contributed by atoms with Gasteiger partial charge in [0.05, 0.1) is 41.2 Å². The number of ether oxygens (including phenoxy) is 2. The van der Waals surface area contributed by atoms with E-state index in [4.69, 9.17) is 44.5 Å². The highest BCUT2D eigenvalue weighted by molar-refractivity contribution is 7.15. The Kier molecular flexibility index (Phi) is 18.7. The zero-order valence-corrected chi connectivity index (χ0v) is 48.5. The Bertz CT molecular complexity index is 3640. The van der Waals surface area contributed by atoms with Crippen LogP contribution in [0.1, 0.15) is 113 Å². The van der Waals surface area contributed by atoms with Crippen LogP contribution < -0.4 is 26.6 Å². The van der Waals surface area contributed by atoms with Gasteiger partial charge in [-0.05, 0) is 30.5 Å². The quantitative estimate of drug-likeness (QED) is 0.0598. The molecule has 420 valence electrons. The number of nitrogens with one attached hydrogen (secondary N) is 5. The zero-order chi connectivity index (χ0) is 57.5. The first-order valence-corrected chi connectivity index (χ1v) is 29.9. The Labute approximate surface area is 485 Å². The maximum Gasteiger partial charge on any atom is 0.329 e. The van der Waals surface area contributed by atoms with Crippen LogP contribution in [0.5, 0.6) is 0 Å². The topological polar surface area (TPSA) is 329 Å². The van der Waals surface area contributed by atoms with Gasteiger partial charge >= 0.3 is 5.97 Å². The molecule has 1 aliphatic rings. The van der Waals surface area contributed by atoms with E-state index in [9.17, 15) is 38.7 Å². The first-order valence-electron chi connectivity index (χ1n) is 24.7. The van der Waals surface area contributed by atoms with Crippen molar-refractivity contribution in [2.45, 2.75) is 64.3 Å². The molecule has 0 fully saturated rings. The smallest absolute Gasteiger partial charge is 0.329 e. The summed E-state index contributed by atoms with van der Waals surface area (Å²) in [7, 11) is 2.95.